The first-order valence-electron chi connectivity index (χ1n) is 9.12. The molecule has 6 heteroatoms. The number of fused-ring (bicyclic) bond motifs is 1. The molecule has 0 heterocycles. The van der Waals surface area contributed by atoms with Gasteiger partial charge in [0.1, 0.15) is 18.2 Å². The highest BCUT2D eigenvalue weighted by Gasteiger charge is 2.24. The van der Waals surface area contributed by atoms with Crippen LogP contribution in [0.5, 0.6) is 5.75 Å². The van der Waals surface area contributed by atoms with E-state index >= 15 is 0 Å². The predicted molar refractivity (Wildman–Crippen MR) is 112 cm³/mol. The average molecular weight is 463 g/mol. The molecule has 0 radical (unpaired) electrons. The number of nitrogens with one attached hydrogen (secondary N) is 1. The average Bonchev–Trinajstić information content (AvgIpc) is 2.65. The molecule has 0 spiro atoms. The molecule has 0 bridgehead atoms. The van der Waals surface area contributed by atoms with Crippen LogP contribution in [0.25, 0.3) is 10.8 Å². The summed E-state index contributed by atoms with van der Waals surface area (Å²) in [5.74, 6) is -0.170. The number of amides is 1. The van der Waals surface area contributed by atoms with Gasteiger partial charge in [-0.2, -0.15) is 0 Å². The maximum atomic E-state index is 14.2. The number of benzene rings is 3. The summed E-state index contributed by atoms with van der Waals surface area (Å²) >= 11 is 9.67. The smallest absolute Gasteiger partial charge is 0.255 e. The Morgan fingerprint density at radius 3 is 2.61 bits per heavy atom. The van der Waals surface area contributed by atoms with E-state index in [1.54, 1.807) is 18.2 Å². The largest absolute Gasteiger partial charge is 0.487 e. The summed E-state index contributed by atoms with van der Waals surface area (Å²) in [6, 6.07) is 14.1. The molecule has 28 heavy (non-hydrogen) atoms. The fourth-order valence-electron chi connectivity index (χ4n) is 3.23. The third-order valence-electron chi connectivity index (χ3n) is 5.02. The van der Waals surface area contributed by atoms with E-state index in [2.05, 4.69) is 21.2 Å². The summed E-state index contributed by atoms with van der Waals surface area (Å²) in [7, 11) is 0. The molecule has 1 aliphatic carbocycles. The molecule has 3 aromatic rings. The first-order valence-corrected chi connectivity index (χ1v) is 10.3. The van der Waals surface area contributed by atoms with Gasteiger partial charge in [-0.3, -0.25) is 4.79 Å². The van der Waals surface area contributed by atoms with Crippen LogP contribution in [-0.4, -0.2) is 11.9 Å². The van der Waals surface area contributed by atoms with E-state index in [0.29, 0.717) is 26.4 Å². The highest BCUT2D eigenvalue weighted by Crippen LogP contribution is 2.36. The minimum atomic E-state index is -0.367. The normalized spacial score (nSPS) is 14.0. The van der Waals surface area contributed by atoms with E-state index in [0.717, 1.165) is 30.0 Å². The van der Waals surface area contributed by atoms with Crippen LogP contribution in [0.2, 0.25) is 5.02 Å². The minimum Gasteiger partial charge on any atom is -0.487 e. The van der Waals surface area contributed by atoms with Gasteiger partial charge in [0.05, 0.1) is 5.56 Å². The summed E-state index contributed by atoms with van der Waals surface area (Å²) in [5.41, 5.74) is 0.778. The van der Waals surface area contributed by atoms with Crippen molar-refractivity contribution in [3.63, 3.8) is 0 Å². The molecule has 144 valence electrons. The molecule has 0 atom stereocenters. The molecule has 0 unspecified atom stereocenters. The van der Waals surface area contributed by atoms with Crippen molar-refractivity contribution in [2.24, 2.45) is 0 Å². The Balaban J connectivity index is 1.72. The van der Waals surface area contributed by atoms with E-state index in [-0.39, 0.29) is 24.4 Å². The van der Waals surface area contributed by atoms with Crippen LogP contribution in [0.4, 0.5) is 4.39 Å². The van der Waals surface area contributed by atoms with Crippen LogP contribution in [0.15, 0.2) is 53.0 Å². The third kappa shape index (κ3) is 3.87. The Labute approximate surface area is 176 Å². The summed E-state index contributed by atoms with van der Waals surface area (Å²) in [5, 5.41) is 5.02. The zero-order valence-corrected chi connectivity index (χ0v) is 17.3. The van der Waals surface area contributed by atoms with E-state index in [9.17, 15) is 9.18 Å². The van der Waals surface area contributed by atoms with Gasteiger partial charge in [0.2, 0.25) is 0 Å². The highest BCUT2D eigenvalue weighted by atomic mass is 79.9. The number of halogens is 3. The lowest BCUT2D eigenvalue weighted by molar-refractivity contribution is 0.0912. The molecular weight excluding hydrogens is 445 g/mol. The standard InChI is InChI=1S/C22H18BrClFNO2/c23-14-9-8-13(20(25)10-14)12-28-21-17-7-2-1-6-16(17)19(24)11-18(21)22(27)26-15-4-3-5-15/h1-2,6-11,15H,3-5,12H2,(H,26,27). The van der Waals surface area contributed by atoms with Crippen LogP contribution >= 0.6 is 27.5 Å². The maximum absolute atomic E-state index is 14.2. The van der Waals surface area contributed by atoms with Gasteiger partial charge in [0.25, 0.3) is 5.91 Å². The molecule has 0 aliphatic heterocycles. The van der Waals surface area contributed by atoms with Crippen molar-refractivity contribution in [3.8, 4) is 5.75 Å². The van der Waals surface area contributed by atoms with E-state index in [4.69, 9.17) is 16.3 Å². The lowest BCUT2D eigenvalue weighted by Crippen LogP contribution is -2.39. The minimum absolute atomic E-state index is 0.00838. The van der Waals surface area contributed by atoms with Gasteiger partial charge < -0.3 is 10.1 Å². The molecule has 1 aliphatic rings. The Kier molecular flexibility index (Phi) is 5.56. The van der Waals surface area contributed by atoms with Crippen molar-refractivity contribution in [2.45, 2.75) is 31.9 Å². The topological polar surface area (TPSA) is 38.3 Å². The van der Waals surface area contributed by atoms with E-state index < -0.39 is 0 Å². The summed E-state index contributed by atoms with van der Waals surface area (Å²) < 4.78 is 20.9. The van der Waals surface area contributed by atoms with Gasteiger partial charge in [0, 0.05) is 31.9 Å². The predicted octanol–water partition coefficient (Wildman–Crippen LogP) is 6.26. The number of hydrogen-bond acceptors (Lipinski definition) is 2. The quantitative estimate of drug-likeness (QED) is 0.486. The Morgan fingerprint density at radius 1 is 1.18 bits per heavy atom. The summed E-state index contributed by atoms with van der Waals surface area (Å²) in [4.78, 5) is 12.9. The van der Waals surface area contributed by atoms with Crippen LogP contribution in [0, 0.1) is 5.82 Å². The number of carbonyl (C=O) groups excluding carboxylic acids is 1. The van der Waals surface area contributed by atoms with Gasteiger partial charge in [-0.1, -0.05) is 57.9 Å². The van der Waals surface area contributed by atoms with Crippen molar-refractivity contribution in [1.29, 1.82) is 0 Å². The zero-order chi connectivity index (χ0) is 19.7. The number of carbonyl (C=O) groups is 1. The number of ether oxygens (including phenoxy) is 1. The van der Waals surface area contributed by atoms with Gasteiger partial charge in [-0.15, -0.1) is 0 Å². The van der Waals surface area contributed by atoms with Gasteiger partial charge in [-0.05, 0) is 37.5 Å². The SMILES string of the molecule is O=C(NC1CCC1)c1cc(Cl)c2ccccc2c1OCc1ccc(Br)cc1F. The maximum Gasteiger partial charge on any atom is 0.255 e. The first-order chi connectivity index (χ1) is 13.5. The van der Waals surface area contributed by atoms with Crippen molar-refractivity contribution in [1.82, 2.24) is 5.32 Å². The van der Waals surface area contributed by atoms with Gasteiger partial charge >= 0.3 is 0 Å². The molecule has 0 saturated heterocycles. The molecule has 0 aromatic heterocycles. The van der Waals surface area contributed by atoms with Gasteiger partial charge in [-0.25, -0.2) is 4.39 Å². The monoisotopic (exact) mass is 461 g/mol. The number of hydrogen-bond donors (Lipinski definition) is 1. The van der Waals surface area contributed by atoms with E-state index in [1.807, 2.05) is 24.3 Å². The second-order valence-electron chi connectivity index (χ2n) is 6.91. The molecule has 1 N–H and O–H groups in total. The highest BCUT2D eigenvalue weighted by molar-refractivity contribution is 9.10. The summed E-state index contributed by atoms with van der Waals surface area (Å²) in [6.45, 7) is 0.00838. The Hall–Kier alpha value is -2.11. The van der Waals surface area contributed by atoms with Gasteiger partial charge in [0.15, 0.2) is 0 Å². The van der Waals surface area contributed by atoms with Crippen LogP contribution < -0.4 is 10.1 Å². The van der Waals surface area contributed by atoms with Crippen molar-refractivity contribution < 1.29 is 13.9 Å². The first kappa shape index (κ1) is 19.2. The van der Waals surface area contributed by atoms with E-state index in [1.165, 1.54) is 6.07 Å². The second kappa shape index (κ2) is 8.10. The molecule has 1 amide bonds. The van der Waals surface area contributed by atoms with Crippen molar-refractivity contribution in [2.75, 3.05) is 0 Å². The molecular formula is C22H18BrClFNO2. The Bertz CT molecular complexity index is 1050. The van der Waals surface area contributed by atoms with Crippen LogP contribution in [0.3, 0.4) is 0 Å². The van der Waals surface area contributed by atoms with Crippen LogP contribution in [0.1, 0.15) is 35.2 Å². The zero-order valence-electron chi connectivity index (χ0n) is 15.0. The Morgan fingerprint density at radius 2 is 1.93 bits per heavy atom. The fraction of sp³-hybridized carbons (Fsp3) is 0.227. The molecule has 1 saturated carbocycles. The lowest BCUT2D eigenvalue weighted by Gasteiger charge is -2.27. The lowest BCUT2D eigenvalue weighted by atomic mass is 9.92. The van der Waals surface area contributed by atoms with Crippen molar-refractivity contribution >= 4 is 44.2 Å². The summed E-state index contributed by atoms with van der Waals surface area (Å²) in [6.07, 6.45) is 3.08. The molecule has 3 aromatic carbocycles. The molecule has 1 fully saturated rings. The molecule has 4 rings (SSSR count). The van der Waals surface area contributed by atoms with Crippen molar-refractivity contribution in [3.05, 3.63) is 75.0 Å². The second-order valence-corrected chi connectivity index (χ2v) is 8.23. The molecule has 3 nitrogen and oxygen atoms in total. The number of rotatable bonds is 5. The fourth-order valence-corrected chi connectivity index (χ4v) is 3.84. The van der Waals surface area contributed by atoms with Crippen LogP contribution in [-0.2, 0) is 6.61 Å². The third-order valence-corrected chi connectivity index (χ3v) is 5.82.